The van der Waals surface area contributed by atoms with E-state index in [1.54, 1.807) is 11.8 Å². The Morgan fingerprint density at radius 3 is 2.38 bits per heavy atom. The third-order valence-electron chi connectivity index (χ3n) is 4.56. The standard InChI is InChI=1S/C19H22Cl2N2S/c1-14(23-11-9-22(2)10-12-23)16-13-15(20)7-8-18(16)24-19-6-4-3-5-17(19)21/h3-8,13-14H,9-12H2,1-2H3/t14-/m0/s1. The molecule has 1 aliphatic heterocycles. The van der Waals surface area contributed by atoms with Crippen LogP contribution in [0.1, 0.15) is 18.5 Å². The molecule has 0 saturated carbocycles. The molecule has 0 unspecified atom stereocenters. The van der Waals surface area contributed by atoms with Crippen LogP contribution in [0.25, 0.3) is 0 Å². The molecule has 2 aromatic rings. The van der Waals surface area contributed by atoms with Gasteiger partial charge in [0.2, 0.25) is 0 Å². The van der Waals surface area contributed by atoms with Crippen LogP contribution in [-0.4, -0.2) is 43.0 Å². The Morgan fingerprint density at radius 1 is 0.958 bits per heavy atom. The van der Waals surface area contributed by atoms with Crippen molar-refractivity contribution in [3.05, 3.63) is 58.1 Å². The van der Waals surface area contributed by atoms with E-state index in [9.17, 15) is 0 Å². The molecule has 1 heterocycles. The van der Waals surface area contributed by atoms with E-state index in [0.29, 0.717) is 6.04 Å². The van der Waals surface area contributed by atoms with E-state index in [4.69, 9.17) is 23.2 Å². The lowest BCUT2D eigenvalue weighted by Crippen LogP contribution is -2.45. The zero-order valence-corrected chi connectivity index (χ0v) is 16.3. The lowest BCUT2D eigenvalue weighted by atomic mass is 10.1. The van der Waals surface area contributed by atoms with Crippen LogP contribution in [0.3, 0.4) is 0 Å². The molecule has 3 rings (SSSR count). The molecule has 0 aromatic heterocycles. The quantitative estimate of drug-likeness (QED) is 0.695. The SMILES string of the molecule is C[C@@H](c1cc(Cl)ccc1Sc1ccccc1Cl)N1CCN(C)CC1. The molecule has 0 amide bonds. The van der Waals surface area contributed by atoms with E-state index in [-0.39, 0.29) is 0 Å². The Hall–Kier alpha value is -0.710. The molecule has 0 spiro atoms. The van der Waals surface area contributed by atoms with Gasteiger partial charge in [-0.1, -0.05) is 47.1 Å². The summed E-state index contributed by atoms with van der Waals surface area (Å²) in [6.45, 7) is 6.66. The van der Waals surface area contributed by atoms with E-state index in [2.05, 4.69) is 42.0 Å². The van der Waals surface area contributed by atoms with Crippen LogP contribution in [0.5, 0.6) is 0 Å². The van der Waals surface area contributed by atoms with Crippen molar-refractivity contribution in [1.82, 2.24) is 9.80 Å². The minimum atomic E-state index is 0.336. The minimum Gasteiger partial charge on any atom is -0.304 e. The summed E-state index contributed by atoms with van der Waals surface area (Å²) in [6, 6.07) is 14.5. The number of likely N-dealkylation sites (N-methyl/N-ethyl adjacent to an activating group) is 1. The summed E-state index contributed by atoms with van der Waals surface area (Å²) in [5.74, 6) is 0. The van der Waals surface area contributed by atoms with Crippen LogP contribution in [-0.2, 0) is 0 Å². The second kappa shape index (κ2) is 8.11. The third kappa shape index (κ3) is 4.27. The number of hydrogen-bond acceptors (Lipinski definition) is 3. The van der Waals surface area contributed by atoms with Gasteiger partial charge in [0.25, 0.3) is 0 Å². The van der Waals surface area contributed by atoms with Crippen molar-refractivity contribution >= 4 is 35.0 Å². The number of piperazine rings is 1. The molecule has 0 aliphatic carbocycles. The molecule has 128 valence electrons. The molecule has 0 radical (unpaired) electrons. The van der Waals surface area contributed by atoms with E-state index >= 15 is 0 Å². The molecule has 5 heteroatoms. The maximum atomic E-state index is 6.34. The maximum Gasteiger partial charge on any atom is 0.0545 e. The van der Waals surface area contributed by atoms with Crippen molar-refractivity contribution in [3.8, 4) is 0 Å². The molecule has 0 bridgehead atoms. The largest absolute Gasteiger partial charge is 0.304 e. The summed E-state index contributed by atoms with van der Waals surface area (Å²) >= 11 is 14.3. The zero-order valence-electron chi connectivity index (χ0n) is 14.0. The van der Waals surface area contributed by atoms with Gasteiger partial charge in [-0.05, 0) is 49.9 Å². The number of nitrogens with zero attached hydrogens (tertiary/aromatic N) is 2. The average Bonchev–Trinajstić information content (AvgIpc) is 2.58. The second-order valence-corrected chi connectivity index (χ2v) is 8.16. The summed E-state index contributed by atoms with van der Waals surface area (Å²) in [5.41, 5.74) is 1.27. The minimum absolute atomic E-state index is 0.336. The Kier molecular flexibility index (Phi) is 6.12. The molecule has 1 aliphatic rings. The zero-order chi connectivity index (χ0) is 17.1. The summed E-state index contributed by atoms with van der Waals surface area (Å²) in [6.07, 6.45) is 0. The fourth-order valence-corrected chi connectivity index (χ4v) is 4.46. The lowest BCUT2D eigenvalue weighted by molar-refractivity contribution is 0.118. The summed E-state index contributed by atoms with van der Waals surface area (Å²) in [4.78, 5) is 7.20. The van der Waals surface area contributed by atoms with Crippen LogP contribution >= 0.6 is 35.0 Å². The van der Waals surface area contributed by atoms with Gasteiger partial charge in [0.1, 0.15) is 0 Å². The first-order valence-corrected chi connectivity index (χ1v) is 9.76. The first kappa shape index (κ1) is 18.1. The number of benzene rings is 2. The second-order valence-electron chi connectivity index (χ2n) is 6.23. The topological polar surface area (TPSA) is 6.48 Å². The Bertz CT molecular complexity index is 700. The highest BCUT2D eigenvalue weighted by Gasteiger charge is 2.23. The van der Waals surface area contributed by atoms with Crippen molar-refractivity contribution in [2.45, 2.75) is 22.8 Å². The van der Waals surface area contributed by atoms with Gasteiger partial charge in [0.05, 0.1) is 5.02 Å². The smallest absolute Gasteiger partial charge is 0.0545 e. The van der Waals surface area contributed by atoms with E-state index < -0.39 is 0 Å². The van der Waals surface area contributed by atoms with E-state index in [0.717, 1.165) is 41.1 Å². The van der Waals surface area contributed by atoms with Gasteiger partial charge in [-0.2, -0.15) is 0 Å². The molecule has 2 aromatic carbocycles. The van der Waals surface area contributed by atoms with Crippen LogP contribution in [0.2, 0.25) is 10.0 Å². The molecule has 1 atom stereocenters. The predicted molar refractivity (Wildman–Crippen MR) is 105 cm³/mol. The number of rotatable bonds is 4. The molecule has 2 nitrogen and oxygen atoms in total. The van der Waals surface area contributed by atoms with Crippen LogP contribution in [0.4, 0.5) is 0 Å². The first-order chi connectivity index (χ1) is 11.5. The monoisotopic (exact) mass is 380 g/mol. The van der Waals surface area contributed by atoms with Crippen molar-refractivity contribution in [1.29, 1.82) is 0 Å². The van der Waals surface area contributed by atoms with Gasteiger partial charge < -0.3 is 4.90 Å². The predicted octanol–water partition coefficient (Wildman–Crippen LogP) is 5.45. The third-order valence-corrected chi connectivity index (χ3v) is 6.41. The Labute approximate surface area is 158 Å². The van der Waals surface area contributed by atoms with Crippen LogP contribution in [0.15, 0.2) is 52.3 Å². The van der Waals surface area contributed by atoms with Gasteiger partial charge in [-0.15, -0.1) is 0 Å². The number of halogens is 2. The highest BCUT2D eigenvalue weighted by atomic mass is 35.5. The van der Waals surface area contributed by atoms with Gasteiger partial charge in [0, 0.05) is 47.0 Å². The van der Waals surface area contributed by atoms with Crippen molar-refractivity contribution in [3.63, 3.8) is 0 Å². The van der Waals surface area contributed by atoms with E-state index in [1.807, 2.05) is 24.3 Å². The van der Waals surface area contributed by atoms with Gasteiger partial charge >= 0.3 is 0 Å². The lowest BCUT2D eigenvalue weighted by Gasteiger charge is -2.37. The summed E-state index contributed by atoms with van der Waals surface area (Å²) in [7, 11) is 2.18. The van der Waals surface area contributed by atoms with Crippen molar-refractivity contribution in [2.24, 2.45) is 0 Å². The van der Waals surface area contributed by atoms with Crippen LogP contribution in [0, 0.1) is 0 Å². The number of hydrogen-bond donors (Lipinski definition) is 0. The molecule has 0 N–H and O–H groups in total. The molecule has 1 fully saturated rings. The average molecular weight is 381 g/mol. The highest BCUT2D eigenvalue weighted by Crippen LogP contribution is 2.39. The first-order valence-electron chi connectivity index (χ1n) is 8.19. The van der Waals surface area contributed by atoms with Crippen molar-refractivity contribution in [2.75, 3.05) is 33.2 Å². The van der Waals surface area contributed by atoms with Crippen LogP contribution < -0.4 is 0 Å². The van der Waals surface area contributed by atoms with Gasteiger partial charge in [-0.25, -0.2) is 0 Å². The molecular formula is C19H22Cl2N2S. The van der Waals surface area contributed by atoms with Gasteiger partial charge in [-0.3, -0.25) is 4.90 Å². The fourth-order valence-electron chi connectivity index (χ4n) is 2.99. The van der Waals surface area contributed by atoms with E-state index in [1.165, 1.54) is 10.5 Å². The molecule has 24 heavy (non-hydrogen) atoms. The Morgan fingerprint density at radius 2 is 1.67 bits per heavy atom. The Balaban J connectivity index is 1.87. The normalized spacial score (nSPS) is 17.8. The summed E-state index contributed by atoms with van der Waals surface area (Å²) in [5, 5.41) is 1.57. The highest BCUT2D eigenvalue weighted by molar-refractivity contribution is 7.99. The fraction of sp³-hybridized carbons (Fsp3) is 0.368. The summed E-state index contributed by atoms with van der Waals surface area (Å²) < 4.78 is 0. The molecule has 1 saturated heterocycles. The van der Waals surface area contributed by atoms with Gasteiger partial charge in [0.15, 0.2) is 0 Å². The maximum absolute atomic E-state index is 6.34. The molecular weight excluding hydrogens is 359 g/mol. The van der Waals surface area contributed by atoms with Crippen molar-refractivity contribution < 1.29 is 0 Å².